The van der Waals surface area contributed by atoms with Crippen LogP contribution in [0.2, 0.25) is 0 Å². The minimum atomic E-state index is -0.839. The second-order valence-electron chi connectivity index (χ2n) is 3.54. The van der Waals surface area contributed by atoms with E-state index in [2.05, 4.69) is 0 Å². The summed E-state index contributed by atoms with van der Waals surface area (Å²) in [5.74, 6) is -0.572. The van der Waals surface area contributed by atoms with Gasteiger partial charge in [0.1, 0.15) is 13.2 Å². The van der Waals surface area contributed by atoms with Crippen molar-refractivity contribution in [2.75, 3.05) is 13.2 Å². The zero-order chi connectivity index (χ0) is 12.7. The van der Waals surface area contributed by atoms with Crippen LogP contribution in [-0.2, 0) is 14.3 Å². The Morgan fingerprint density at radius 1 is 1.18 bits per heavy atom. The highest BCUT2D eigenvalue weighted by atomic mass is 16.6. The van der Waals surface area contributed by atoms with Crippen LogP contribution < -0.4 is 5.73 Å². The van der Waals surface area contributed by atoms with E-state index in [1.165, 1.54) is 6.92 Å². The quantitative estimate of drug-likeness (QED) is 0.786. The number of primary amides is 1. The Labute approximate surface area is 99.5 Å². The number of hydrogen-bond donors (Lipinski definition) is 1. The predicted octanol–water partition coefficient (Wildman–Crippen LogP) is 1.43. The van der Waals surface area contributed by atoms with Crippen LogP contribution in [0.1, 0.15) is 18.4 Å². The number of carbonyl (C=O) groups is 2. The Hall–Kier alpha value is -2.04. The Bertz CT molecular complexity index is 359. The maximum atomic E-state index is 10.8. The van der Waals surface area contributed by atoms with E-state index in [-0.39, 0.29) is 25.1 Å². The molecule has 0 fully saturated rings. The van der Waals surface area contributed by atoms with Crippen molar-refractivity contribution in [3.63, 3.8) is 0 Å². The lowest BCUT2D eigenvalue weighted by Gasteiger charge is -2.16. The summed E-state index contributed by atoms with van der Waals surface area (Å²) in [4.78, 5) is 21.3. The molecule has 1 amide bonds. The van der Waals surface area contributed by atoms with Crippen molar-refractivity contribution in [1.29, 1.82) is 0 Å². The van der Waals surface area contributed by atoms with Gasteiger partial charge in [0, 0.05) is 6.92 Å². The molecule has 0 saturated heterocycles. The van der Waals surface area contributed by atoms with Crippen LogP contribution in [-0.4, -0.2) is 25.3 Å². The number of esters is 1. The molecule has 17 heavy (non-hydrogen) atoms. The fourth-order valence-corrected chi connectivity index (χ4v) is 1.37. The summed E-state index contributed by atoms with van der Waals surface area (Å²) in [6, 6.07) is 9.35. The van der Waals surface area contributed by atoms with Crippen molar-refractivity contribution in [1.82, 2.24) is 0 Å². The number of nitrogens with two attached hydrogens (primary N) is 1. The fraction of sp³-hybridized carbons (Fsp3) is 0.333. The van der Waals surface area contributed by atoms with E-state index in [1.807, 2.05) is 30.3 Å². The predicted molar refractivity (Wildman–Crippen MR) is 61.4 cm³/mol. The third-order valence-corrected chi connectivity index (χ3v) is 2.19. The van der Waals surface area contributed by atoms with Crippen LogP contribution in [0.5, 0.6) is 0 Å². The van der Waals surface area contributed by atoms with Crippen molar-refractivity contribution in [3.8, 4) is 0 Å². The van der Waals surface area contributed by atoms with E-state index in [4.69, 9.17) is 15.2 Å². The van der Waals surface area contributed by atoms with E-state index in [1.54, 1.807) is 0 Å². The lowest BCUT2D eigenvalue weighted by atomic mass is 10.0. The van der Waals surface area contributed by atoms with Gasteiger partial charge in [-0.05, 0) is 5.56 Å². The second-order valence-corrected chi connectivity index (χ2v) is 3.54. The molecule has 1 aromatic carbocycles. The molecule has 0 aliphatic heterocycles. The molecule has 1 atom stereocenters. The highest BCUT2D eigenvalue weighted by Gasteiger charge is 2.14. The molecule has 1 rings (SSSR count). The van der Waals surface area contributed by atoms with Gasteiger partial charge in [0.2, 0.25) is 0 Å². The first-order chi connectivity index (χ1) is 8.09. The maximum Gasteiger partial charge on any atom is 0.404 e. The molecule has 0 bridgehead atoms. The summed E-state index contributed by atoms with van der Waals surface area (Å²) in [5, 5.41) is 0. The highest BCUT2D eigenvalue weighted by Crippen LogP contribution is 2.16. The third-order valence-electron chi connectivity index (χ3n) is 2.19. The molecule has 0 radical (unpaired) electrons. The van der Waals surface area contributed by atoms with Gasteiger partial charge in [-0.25, -0.2) is 4.79 Å². The molecule has 2 N–H and O–H groups in total. The molecule has 0 unspecified atom stereocenters. The van der Waals surface area contributed by atoms with Crippen LogP contribution >= 0.6 is 0 Å². The van der Waals surface area contributed by atoms with Crippen molar-refractivity contribution in [2.24, 2.45) is 5.73 Å². The van der Waals surface area contributed by atoms with Crippen molar-refractivity contribution >= 4 is 12.1 Å². The molecule has 0 aliphatic carbocycles. The SMILES string of the molecule is CC(=O)OC[C@H](COC(N)=O)c1ccccc1. The summed E-state index contributed by atoms with van der Waals surface area (Å²) < 4.78 is 9.66. The number of carbonyl (C=O) groups excluding carboxylic acids is 2. The third kappa shape index (κ3) is 5.01. The smallest absolute Gasteiger partial charge is 0.404 e. The van der Waals surface area contributed by atoms with Gasteiger partial charge in [0.25, 0.3) is 0 Å². The molecular formula is C12H15NO4. The second kappa shape index (κ2) is 6.52. The Balaban J connectivity index is 2.64. The van der Waals surface area contributed by atoms with Crippen molar-refractivity contribution < 1.29 is 19.1 Å². The molecule has 92 valence electrons. The average Bonchev–Trinajstić information content (AvgIpc) is 2.29. The van der Waals surface area contributed by atoms with Gasteiger partial charge in [0.15, 0.2) is 0 Å². The standard InChI is InChI=1S/C12H15NO4/c1-9(14)16-7-11(8-17-12(13)15)10-5-3-2-4-6-10/h2-6,11H,7-8H2,1H3,(H2,13,15)/t11-/m1/s1. The number of benzene rings is 1. The van der Waals surface area contributed by atoms with Crippen LogP contribution in [0.4, 0.5) is 4.79 Å². The largest absolute Gasteiger partial charge is 0.465 e. The Morgan fingerprint density at radius 2 is 1.76 bits per heavy atom. The molecule has 0 spiro atoms. The van der Waals surface area contributed by atoms with E-state index < -0.39 is 6.09 Å². The normalized spacial score (nSPS) is 11.6. The molecule has 0 saturated carbocycles. The van der Waals surface area contributed by atoms with Crippen LogP contribution in [0.15, 0.2) is 30.3 Å². The number of ether oxygens (including phenoxy) is 2. The summed E-state index contributed by atoms with van der Waals surface area (Å²) in [5.41, 5.74) is 5.83. The minimum absolute atomic E-state index is 0.0899. The van der Waals surface area contributed by atoms with Gasteiger partial charge in [-0.15, -0.1) is 0 Å². The summed E-state index contributed by atoms with van der Waals surface area (Å²) in [6.07, 6.45) is -0.839. The molecular weight excluding hydrogens is 222 g/mol. The average molecular weight is 237 g/mol. The van der Waals surface area contributed by atoms with E-state index in [0.717, 1.165) is 5.56 Å². The van der Waals surface area contributed by atoms with Gasteiger partial charge in [0.05, 0.1) is 5.92 Å². The van der Waals surface area contributed by atoms with Gasteiger partial charge in [-0.1, -0.05) is 30.3 Å². The van der Waals surface area contributed by atoms with E-state index in [0.29, 0.717) is 0 Å². The summed E-state index contributed by atoms with van der Waals surface area (Å²) in [6.45, 7) is 1.58. The molecule has 1 aromatic rings. The lowest BCUT2D eigenvalue weighted by Crippen LogP contribution is -2.21. The molecule has 5 heteroatoms. The van der Waals surface area contributed by atoms with Crippen molar-refractivity contribution in [3.05, 3.63) is 35.9 Å². The van der Waals surface area contributed by atoms with Crippen molar-refractivity contribution in [2.45, 2.75) is 12.8 Å². The zero-order valence-corrected chi connectivity index (χ0v) is 9.59. The minimum Gasteiger partial charge on any atom is -0.465 e. The van der Waals surface area contributed by atoms with Crippen LogP contribution in [0.25, 0.3) is 0 Å². The van der Waals surface area contributed by atoms with Crippen LogP contribution in [0.3, 0.4) is 0 Å². The maximum absolute atomic E-state index is 10.8. The first-order valence-corrected chi connectivity index (χ1v) is 5.20. The zero-order valence-electron chi connectivity index (χ0n) is 9.59. The van der Waals surface area contributed by atoms with Gasteiger partial charge in [-0.3, -0.25) is 4.79 Å². The Morgan fingerprint density at radius 3 is 2.29 bits per heavy atom. The van der Waals surface area contributed by atoms with Crippen LogP contribution in [0, 0.1) is 0 Å². The first kappa shape index (κ1) is 13.0. The first-order valence-electron chi connectivity index (χ1n) is 5.20. The molecule has 0 heterocycles. The Kier molecular flexibility index (Phi) is 5.00. The monoisotopic (exact) mass is 237 g/mol. The highest BCUT2D eigenvalue weighted by molar-refractivity contribution is 5.66. The number of rotatable bonds is 5. The van der Waals surface area contributed by atoms with Gasteiger partial charge in [-0.2, -0.15) is 0 Å². The molecule has 0 aromatic heterocycles. The molecule has 5 nitrogen and oxygen atoms in total. The number of hydrogen-bond acceptors (Lipinski definition) is 4. The summed E-state index contributed by atoms with van der Waals surface area (Å²) >= 11 is 0. The lowest BCUT2D eigenvalue weighted by molar-refractivity contribution is -0.141. The fourth-order valence-electron chi connectivity index (χ4n) is 1.37. The molecule has 0 aliphatic rings. The number of amides is 1. The van der Waals surface area contributed by atoms with Gasteiger partial charge < -0.3 is 15.2 Å². The van der Waals surface area contributed by atoms with Gasteiger partial charge >= 0.3 is 12.1 Å². The van der Waals surface area contributed by atoms with E-state index >= 15 is 0 Å². The topological polar surface area (TPSA) is 78.6 Å². The van der Waals surface area contributed by atoms with E-state index in [9.17, 15) is 9.59 Å². The summed E-state index contributed by atoms with van der Waals surface area (Å²) in [7, 11) is 0.